The van der Waals surface area contributed by atoms with Crippen molar-refractivity contribution in [3.63, 3.8) is 0 Å². The zero-order valence-electron chi connectivity index (χ0n) is 18.3. The molecule has 0 unspecified atom stereocenters. The SMILES string of the molecule is CCOCCCCCC(=O)COC(=O)/C=C/C(=O)OCC(=O)CCCCCOCC. The number of esters is 2. The van der Waals surface area contributed by atoms with E-state index in [2.05, 4.69) is 0 Å². The lowest BCUT2D eigenvalue weighted by Crippen LogP contribution is -2.14. The maximum atomic E-state index is 11.6. The van der Waals surface area contributed by atoms with Crippen LogP contribution in [0, 0.1) is 0 Å². The molecule has 0 amide bonds. The summed E-state index contributed by atoms with van der Waals surface area (Å²) in [6.07, 6.45) is 7.39. The summed E-state index contributed by atoms with van der Waals surface area (Å²) in [5, 5.41) is 0. The Bertz CT molecular complexity index is 481. The average molecular weight is 429 g/mol. The molecule has 0 heterocycles. The van der Waals surface area contributed by atoms with Gasteiger partial charge in [-0.15, -0.1) is 0 Å². The minimum absolute atomic E-state index is 0.178. The Morgan fingerprint density at radius 2 is 1.00 bits per heavy atom. The van der Waals surface area contributed by atoms with Crippen LogP contribution < -0.4 is 0 Å². The van der Waals surface area contributed by atoms with Crippen LogP contribution in [0.15, 0.2) is 12.2 Å². The van der Waals surface area contributed by atoms with E-state index >= 15 is 0 Å². The molecule has 8 heteroatoms. The first-order valence-electron chi connectivity index (χ1n) is 10.7. The third-order valence-electron chi connectivity index (χ3n) is 4.00. The second kappa shape index (κ2) is 20.2. The van der Waals surface area contributed by atoms with Crippen LogP contribution >= 0.6 is 0 Å². The van der Waals surface area contributed by atoms with Crippen LogP contribution in [0.3, 0.4) is 0 Å². The number of unbranched alkanes of at least 4 members (excludes halogenated alkanes) is 4. The number of Topliss-reactive ketones (excluding diaryl/α,β-unsaturated/α-hetero) is 2. The molecule has 0 N–H and O–H groups in total. The highest BCUT2D eigenvalue weighted by atomic mass is 16.5. The normalized spacial score (nSPS) is 10.9. The van der Waals surface area contributed by atoms with E-state index in [1.165, 1.54) is 0 Å². The van der Waals surface area contributed by atoms with Gasteiger partial charge < -0.3 is 18.9 Å². The van der Waals surface area contributed by atoms with Crippen LogP contribution in [0.4, 0.5) is 0 Å². The second-order valence-electron chi connectivity index (χ2n) is 6.64. The molecule has 0 atom stereocenters. The maximum Gasteiger partial charge on any atom is 0.331 e. The molecule has 0 saturated heterocycles. The molecule has 0 aromatic rings. The van der Waals surface area contributed by atoms with E-state index in [0.29, 0.717) is 52.1 Å². The molecule has 0 spiro atoms. The van der Waals surface area contributed by atoms with Gasteiger partial charge in [-0.3, -0.25) is 9.59 Å². The van der Waals surface area contributed by atoms with Gasteiger partial charge in [0.15, 0.2) is 11.6 Å². The summed E-state index contributed by atoms with van der Waals surface area (Å²) in [7, 11) is 0. The van der Waals surface area contributed by atoms with E-state index in [-0.39, 0.29) is 24.8 Å². The fourth-order valence-electron chi connectivity index (χ4n) is 2.37. The molecule has 0 radical (unpaired) electrons. The van der Waals surface area contributed by atoms with E-state index in [1.807, 2.05) is 13.8 Å². The molecule has 0 aliphatic heterocycles. The number of rotatable bonds is 20. The first kappa shape index (κ1) is 27.9. The Kier molecular flexibility index (Phi) is 18.8. The predicted molar refractivity (Wildman–Crippen MR) is 111 cm³/mol. The van der Waals surface area contributed by atoms with E-state index in [9.17, 15) is 19.2 Å². The molecule has 0 bridgehead atoms. The lowest BCUT2D eigenvalue weighted by molar-refractivity contribution is -0.144. The Hall–Kier alpha value is -2.06. The van der Waals surface area contributed by atoms with Crippen molar-refractivity contribution < 1.29 is 38.1 Å². The molecular weight excluding hydrogens is 392 g/mol. The van der Waals surface area contributed by atoms with Gasteiger partial charge in [0, 0.05) is 51.4 Å². The van der Waals surface area contributed by atoms with Crippen molar-refractivity contribution in [2.75, 3.05) is 39.6 Å². The van der Waals surface area contributed by atoms with Gasteiger partial charge in [-0.2, -0.15) is 0 Å². The second-order valence-corrected chi connectivity index (χ2v) is 6.64. The first-order chi connectivity index (χ1) is 14.5. The van der Waals surface area contributed by atoms with Gasteiger partial charge in [-0.1, -0.05) is 12.8 Å². The fraction of sp³-hybridized carbons (Fsp3) is 0.727. The highest BCUT2D eigenvalue weighted by molar-refractivity contribution is 5.93. The highest BCUT2D eigenvalue weighted by Gasteiger charge is 2.08. The summed E-state index contributed by atoms with van der Waals surface area (Å²) in [5.41, 5.74) is 0. The smallest absolute Gasteiger partial charge is 0.331 e. The van der Waals surface area contributed by atoms with Crippen molar-refractivity contribution in [1.29, 1.82) is 0 Å². The monoisotopic (exact) mass is 428 g/mol. The predicted octanol–water partition coefficient (Wildman–Crippen LogP) is 2.96. The molecule has 0 rings (SSSR count). The third kappa shape index (κ3) is 19.3. The van der Waals surface area contributed by atoms with Crippen molar-refractivity contribution in [3.8, 4) is 0 Å². The van der Waals surface area contributed by atoms with Gasteiger partial charge in [-0.25, -0.2) is 9.59 Å². The summed E-state index contributed by atoms with van der Waals surface area (Å²) in [6.45, 7) is 5.93. The van der Waals surface area contributed by atoms with E-state index in [0.717, 1.165) is 37.8 Å². The molecule has 8 nitrogen and oxygen atoms in total. The summed E-state index contributed by atoms with van der Waals surface area (Å²) in [5.74, 6) is -1.97. The Morgan fingerprint density at radius 1 is 0.600 bits per heavy atom. The van der Waals surface area contributed by atoms with Crippen LogP contribution in [0.1, 0.15) is 65.2 Å². The Morgan fingerprint density at radius 3 is 1.37 bits per heavy atom. The molecule has 0 aliphatic carbocycles. The standard InChI is InChI=1S/C22H36O8/c1-3-27-15-9-5-7-11-19(23)17-29-21(25)13-14-22(26)30-18-20(24)12-8-6-10-16-28-4-2/h13-14H,3-12,15-18H2,1-2H3/b14-13+. The molecule has 0 aliphatic rings. The first-order valence-corrected chi connectivity index (χ1v) is 10.7. The van der Waals surface area contributed by atoms with Gasteiger partial charge in [0.25, 0.3) is 0 Å². The molecular formula is C22H36O8. The summed E-state index contributed by atoms with van der Waals surface area (Å²) in [6, 6.07) is 0. The Labute approximate surface area is 179 Å². The Balaban J connectivity index is 3.75. The van der Waals surface area contributed by atoms with E-state index < -0.39 is 11.9 Å². The van der Waals surface area contributed by atoms with E-state index in [1.54, 1.807) is 0 Å². The van der Waals surface area contributed by atoms with E-state index in [4.69, 9.17) is 18.9 Å². The molecule has 0 saturated carbocycles. The zero-order valence-corrected chi connectivity index (χ0v) is 18.3. The number of carbonyl (C=O) groups is 4. The van der Waals surface area contributed by atoms with Crippen LogP contribution in [-0.2, 0) is 38.1 Å². The van der Waals surface area contributed by atoms with Gasteiger partial charge >= 0.3 is 11.9 Å². The van der Waals surface area contributed by atoms with Crippen LogP contribution in [0.2, 0.25) is 0 Å². The van der Waals surface area contributed by atoms with Gasteiger partial charge in [-0.05, 0) is 39.5 Å². The molecule has 30 heavy (non-hydrogen) atoms. The topological polar surface area (TPSA) is 105 Å². The van der Waals surface area contributed by atoms with Crippen molar-refractivity contribution in [3.05, 3.63) is 12.2 Å². The van der Waals surface area contributed by atoms with Crippen LogP contribution in [-0.4, -0.2) is 63.1 Å². The number of hydrogen-bond donors (Lipinski definition) is 0. The summed E-state index contributed by atoms with van der Waals surface area (Å²) < 4.78 is 20.0. The highest BCUT2D eigenvalue weighted by Crippen LogP contribution is 2.03. The maximum absolute atomic E-state index is 11.6. The molecule has 0 aromatic carbocycles. The molecule has 172 valence electrons. The molecule has 0 fully saturated rings. The lowest BCUT2D eigenvalue weighted by atomic mass is 10.1. The summed E-state index contributed by atoms with van der Waals surface area (Å²) >= 11 is 0. The van der Waals surface area contributed by atoms with Gasteiger partial charge in [0.2, 0.25) is 0 Å². The van der Waals surface area contributed by atoms with Crippen molar-refractivity contribution in [2.45, 2.75) is 65.2 Å². The van der Waals surface area contributed by atoms with Crippen LogP contribution in [0.25, 0.3) is 0 Å². The lowest BCUT2D eigenvalue weighted by Gasteiger charge is -2.03. The van der Waals surface area contributed by atoms with Gasteiger partial charge in [0.1, 0.15) is 13.2 Å². The van der Waals surface area contributed by atoms with Crippen LogP contribution in [0.5, 0.6) is 0 Å². The van der Waals surface area contributed by atoms with Gasteiger partial charge in [0.05, 0.1) is 0 Å². The van der Waals surface area contributed by atoms with Crippen molar-refractivity contribution in [2.24, 2.45) is 0 Å². The minimum atomic E-state index is -0.808. The summed E-state index contributed by atoms with van der Waals surface area (Å²) in [4.78, 5) is 46.3. The minimum Gasteiger partial charge on any atom is -0.455 e. The number of carbonyl (C=O) groups excluding carboxylic acids is 4. The van der Waals surface area contributed by atoms with Crippen molar-refractivity contribution >= 4 is 23.5 Å². The number of ketones is 2. The number of ether oxygens (including phenoxy) is 4. The molecule has 0 aromatic heterocycles. The zero-order chi connectivity index (χ0) is 22.5. The van der Waals surface area contributed by atoms with Crippen molar-refractivity contribution in [1.82, 2.24) is 0 Å². The fourth-order valence-corrected chi connectivity index (χ4v) is 2.37. The largest absolute Gasteiger partial charge is 0.455 e. The third-order valence-corrected chi connectivity index (χ3v) is 4.00. The quantitative estimate of drug-likeness (QED) is 0.166. The average Bonchev–Trinajstić information content (AvgIpc) is 2.74. The number of hydrogen-bond acceptors (Lipinski definition) is 8.